The topological polar surface area (TPSA) is 313 Å². The summed E-state index contributed by atoms with van der Waals surface area (Å²) in [4.78, 5) is 53.0. The van der Waals surface area contributed by atoms with Gasteiger partial charge in [0.15, 0.2) is 11.9 Å². The van der Waals surface area contributed by atoms with Crippen LogP contribution >= 0.6 is 23.3 Å². The van der Waals surface area contributed by atoms with Crippen molar-refractivity contribution in [2.45, 2.75) is 24.5 Å². The molecule has 6 atom stereocenters. The molecule has 6 unspecified atom stereocenters. The predicted molar refractivity (Wildman–Crippen MR) is 90.3 cm³/mol. The molecule has 0 bridgehead atoms. The number of ether oxygens (including phenoxy) is 1. The number of rotatable bonds is 8. The first kappa shape index (κ1) is 39.0. The number of anilines is 1. The normalized spacial score (nSPS) is 24.8. The number of phosphoric ester groups is 1. The van der Waals surface area contributed by atoms with Crippen molar-refractivity contribution in [2.24, 2.45) is 0 Å². The summed E-state index contributed by atoms with van der Waals surface area (Å²) < 4.78 is 47.8. The SMILES string of the molecule is Nc1nc([O-])c2ncn(C3OC(COP(=O)(O)OP(=O)([O-])NP(=O)([O-])[O-])C(O)C3O)c2n1.[Li+].[Li+].[Li+].[Li+]. The molecule has 2 aromatic heterocycles. The molecule has 1 aliphatic rings. The third kappa shape index (κ3) is 9.78. The fourth-order valence-corrected chi connectivity index (χ4v) is 5.97. The van der Waals surface area contributed by atoms with E-state index in [0.29, 0.717) is 4.86 Å². The van der Waals surface area contributed by atoms with Gasteiger partial charge in [0.1, 0.15) is 23.8 Å². The van der Waals surface area contributed by atoms with Gasteiger partial charge in [0.25, 0.3) is 0 Å². The van der Waals surface area contributed by atoms with E-state index in [4.69, 9.17) is 10.5 Å². The van der Waals surface area contributed by atoms with Crippen LogP contribution in [0.1, 0.15) is 6.23 Å². The van der Waals surface area contributed by atoms with Crippen LogP contribution < -0.4 is 106 Å². The van der Waals surface area contributed by atoms with Crippen LogP contribution in [0.25, 0.3) is 11.2 Å². The molecule has 1 saturated heterocycles. The average molecular weight is 546 g/mol. The van der Waals surface area contributed by atoms with Crippen LogP contribution in [-0.4, -0.2) is 59.5 Å². The van der Waals surface area contributed by atoms with E-state index in [0.717, 1.165) is 10.9 Å². The molecular weight excluding hydrogens is 533 g/mol. The van der Waals surface area contributed by atoms with E-state index >= 15 is 0 Å². The number of nitrogen functional groups attached to an aromatic ring is 1. The van der Waals surface area contributed by atoms with Crippen LogP contribution in [-0.2, 0) is 27.3 Å². The van der Waals surface area contributed by atoms with Gasteiger partial charge in [-0.25, -0.2) is 23.7 Å². The van der Waals surface area contributed by atoms with Crippen molar-refractivity contribution in [1.82, 2.24) is 24.4 Å². The minimum atomic E-state index is -5.88. The third-order valence-electron chi connectivity index (χ3n) is 3.88. The van der Waals surface area contributed by atoms with E-state index in [1.54, 1.807) is 0 Å². The number of imidazole rings is 1. The molecule has 19 nitrogen and oxygen atoms in total. The van der Waals surface area contributed by atoms with Gasteiger partial charge in [-0.1, -0.05) is 0 Å². The maximum absolute atomic E-state index is 11.8. The molecule has 3 heterocycles. The maximum Gasteiger partial charge on any atom is 1.00 e. The number of nitrogens with two attached hydrogens (primary N) is 1. The Morgan fingerprint density at radius 1 is 1.11 bits per heavy atom. The summed E-state index contributed by atoms with van der Waals surface area (Å²) in [6.07, 6.45) is -5.48. The largest absolute Gasteiger partial charge is 1.00 e. The molecule has 36 heavy (non-hydrogen) atoms. The zero-order valence-electron chi connectivity index (χ0n) is 19.2. The molecule has 0 amide bonds. The van der Waals surface area contributed by atoms with Gasteiger partial charge in [-0.15, -0.1) is 0 Å². The number of fused-ring (bicyclic) bond motifs is 1. The number of aliphatic hydroxyl groups excluding tert-OH is 2. The molecule has 180 valence electrons. The van der Waals surface area contributed by atoms with Crippen molar-refractivity contribution < 1.29 is 138 Å². The summed E-state index contributed by atoms with van der Waals surface area (Å²) in [5, 5.41) is 32.2. The van der Waals surface area contributed by atoms with Gasteiger partial charge in [-0.2, -0.15) is 4.98 Å². The molecule has 0 radical (unpaired) electrons. The zero-order chi connectivity index (χ0) is 24.1. The van der Waals surface area contributed by atoms with Gasteiger partial charge in [0.2, 0.25) is 13.7 Å². The molecule has 2 aromatic rings. The van der Waals surface area contributed by atoms with Crippen molar-refractivity contribution in [1.29, 1.82) is 0 Å². The van der Waals surface area contributed by atoms with Crippen LogP contribution in [0.3, 0.4) is 0 Å². The molecule has 0 aliphatic carbocycles. The molecular formula is C10H13Li4N6O13P3. The number of nitrogens with zero attached hydrogens (tertiary/aromatic N) is 4. The predicted octanol–water partition coefficient (Wildman–Crippen LogP) is -16.9. The van der Waals surface area contributed by atoms with Crippen LogP contribution in [0, 0.1) is 0 Å². The van der Waals surface area contributed by atoms with Crippen molar-refractivity contribution in [3.05, 3.63) is 6.33 Å². The van der Waals surface area contributed by atoms with Crippen molar-refractivity contribution in [3.63, 3.8) is 0 Å². The van der Waals surface area contributed by atoms with Gasteiger partial charge < -0.3 is 49.9 Å². The molecule has 1 fully saturated rings. The number of phosphoric acid groups is 1. The first-order chi connectivity index (χ1) is 14.6. The van der Waals surface area contributed by atoms with E-state index in [-0.39, 0.29) is 86.6 Å². The smallest absolute Gasteiger partial charge is 0.857 e. The first-order valence-electron chi connectivity index (χ1n) is 8.08. The maximum atomic E-state index is 11.8. The Kier molecular flexibility index (Phi) is 15.7. The van der Waals surface area contributed by atoms with Gasteiger partial charge in [0.05, 0.1) is 12.9 Å². The van der Waals surface area contributed by atoms with Crippen molar-refractivity contribution >= 4 is 40.4 Å². The molecule has 26 heteroatoms. The Labute approximate surface area is 250 Å². The third-order valence-corrected chi connectivity index (χ3v) is 8.00. The summed E-state index contributed by atoms with van der Waals surface area (Å²) in [6.45, 7) is -1.05. The minimum absolute atomic E-state index is 0. The van der Waals surface area contributed by atoms with Crippen LogP contribution in [0.15, 0.2) is 6.33 Å². The van der Waals surface area contributed by atoms with Gasteiger partial charge >= 0.3 is 83.3 Å². The van der Waals surface area contributed by atoms with E-state index in [2.05, 4.69) is 23.8 Å². The minimum Gasteiger partial charge on any atom is -0.857 e. The van der Waals surface area contributed by atoms with Gasteiger partial charge in [0, 0.05) is 13.6 Å². The van der Waals surface area contributed by atoms with Gasteiger partial charge in [-0.3, -0.25) is 13.7 Å². The summed E-state index contributed by atoms with van der Waals surface area (Å²) >= 11 is 0. The second-order valence-corrected chi connectivity index (χ2v) is 10.8. The zero-order valence-corrected chi connectivity index (χ0v) is 21.9. The van der Waals surface area contributed by atoms with Crippen LogP contribution in [0.4, 0.5) is 5.95 Å². The molecule has 0 aromatic carbocycles. The van der Waals surface area contributed by atoms with Crippen LogP contribution in [0.2, 0.25) is 0 Å². The Morgan fingerprint density at radius 3 is 2.25 bits per heavy atom. The van der Waals surface area contributed by atoms with Crippen molar-refractivity contribution in [3.8, 4) is 5.88 Å². The summed E-state index contributed by atoms with van der Waals surface area (Å²) in [5.74, 6) is -1.24. The average Bonchev–Trinajstić information content (AvgIpc) is 3.12. The molecule has 1 aliphatic heterocycles. The molecule has 0 saturated carbocycles. The standard InChI is InChI=1S/C10H17N6O13P3.4Li/c11-10-13-7-4(8(19)14-10)12-2-16(7)9-6(18)5(17)3(28-9)1-27-32(25,26)29-31(23,24)15-30(20,21)22;;;;/h2-3,5-6,9,17-18H,1H2,(H,25,26)(H3,11,13,14,19)(H4,15,20,21,22,23,24);;;;/q;4*+1/p-4. The Bertz CT molecular complexity index is 1170. The van der Waals surface area contributed by atoms with E-state index in [1.165, 1.54) is 0 Å². The Balaban J connectivity index is 0. The summed E-state index contributed by atoms with van der Waals surface area (Å²) in [7, 11) is -17.3. The number of nitrogens with one attached hydrogen (secondary N) is 1. The Morgan fingerprint density at radius 2 is 1.69 bits per heavy atom. The first-order valence-corrected chi connectivity index (χ1v) is 12.7. The monoisotopic (exact) mass is 546 g/mol. The van der Waals surface area contributed by atoms with E-state index in [1.807, 2.05) is 0 Å². The fraction of sp³-hybridized carbons (Fsp3) is 0.500. The molecule has 0 spiro atoms. The van der Waals surface area contributed by atoms with Crippen molar-refractivity contribution in [2.75, 3.05) is 12.3 Å². The number of aliphatic hydroxyl groups is 2. The number of hydrogen-bond acceptors (Lipinski definition) is 16. The van der Waals surface area contributed by atoms with Gasteiger partial charge in [-0.05, 0) is 0 Å². The Hall–Kier alpha value is 0.830. The van der Waals surface area contributed by atoms with E-state index in [9.17, 15) is 48.6 Å². The van der Waals surface area contributed by atoms with E-state index < -0.39 is 66.3 Å². The second kappa shape index (κ2) is 14.5. The second-order valence-electron chi connectivity index (χ2n) is 6.20. The molecule has 3 rings (SSSR count). The molecule has 6 N–H and O–H groups in total. The summed E-state index contributed by atoms with van der Waals surface area (Å²) in [6, 6.07) is 0. The van der Waals surface area contributed by atoms with Crippen LogP contribution in [0.5, 0.6) is 5.88 Å². The number of hydrogen-bond donors (Lipinski definition) is 5. The summed E-state index contributed by atoms with van der Waals surface area (Å²) in [5.41, 5.74) is 5.02. The quantitative estimate of drug-likeness (QED) is 0.152. The number of aromatic nitrogens is 4. The fourth-order valence-electron chi connectivity index (χ4n) is 2.68.